The molecule has 0 saturated carbocycles. The molecule has 2 atom stereocenters. The van der Waals surface area contributed by atoms with Gasteiger partial charge < -0.3 is 10.4 Å². The van der Waals surface area contributed by atoms with E-state index in [2.05, 4.69) is 5.32 Å². The number of likely N-dealkylation sites (N-methyl/N-ethyl adjacent to an activating group) is 1. The molecule has 1 saturated heterocycles. The molecule has 0 aliphatic carbocycles. The Morgan fingerprint density at radius 1 is 1.53 bits per heavy atom. The van der Waals surface area contributed by atoms with Crippen LogP contribution in [0.5, 0.6) is 0 Å². The van der Waals surface area contributed by atoms with Crippen LogP contribution in [0.3, 0.4) is 0 Å². The third kappa shape index (κ3) is 4.79. The lowest BCUT2D eigenvalue weighted by molar-refractivity contribution is -0.122. The molecule has 0 radical (unpaired) electrons. The number of rotatable bonds is 5. The zero-order chi connectivity index (χ0) is 13.1. The van der Waals surface area contributed by atoms with Crippen molar-refractivity contribution in [3.8, 4) is 0 Å². The SMILES string of the molecule is CN(CCO)CC(=O)NC1CS(=O)(=O)CC1Cl. The number of halogens is 1. The molecule has 0 aromatic heterocycles. The van der Waals surface area contributed by atoms with Crippen molar-refractivity contribution in [3.05, 3.63) is 0 Å². The average Bonchev–Trinajstić information content (AvgIpc) is 2.39. The summed E-state index contributed by atoms with van der Waals surface area (Å²) in [7, 11) is -1.44. The van der Waals surface area contributed by atoms with Gasteiger partial charge in [-0.1, -0.05) is 0 Å². The van der Waals surface area contributed by atoms with E-state index in [1.807, 2.05) is 0 Å². The largest absolute Gasteiger partial charge is 0.395 e. The van der Waals surface area contributed by atoms with Crippen molar-refractivity contribution < 1.29 is 18.3 Å². The van der Waals surface area contributed by atoms with Crippen molar-refractivity contribution in [2.75, 3.05) is 38.2 Å². The number of aliphatic hydroxyl groups excluding tert-OH is 1. The first-order valence-electron chi connectivity index (χ1n) is 5.27. The van der Waals surface area contributed by atoms with Gasteiger partial charge in [0.1, 0.15) is 0 Å². The minimum atomic E-state index is -3.13. The molecule has 1 fully saturated rings. The van der Waals surface area contributed by atoms with Crippen LogP contribution in [-0.2, 0) is 14.6 Å². The van der Waals surface area contributed by atoms with E-state index in [0.717, 1.165) is 0 Å². The van der Waals surface area contributed by atoms with Crippen LogP contribution in [0.15, 0.2) is 0 Å². The highest BCUT2D eigenvalue weighted by molar-refractivity contribution is 7.91. The van der Waals surface area contributed by atoms with Gasteiger partial charge in [0.15, 0.2) is 9.84 Å². The summed E-state index contributed by atoms with van der Waals surface area (Å²) in [6, 6.07) is -0.517. The molecule has 0 bridgehead atoms. The van der Waals surface area contributed by atoms with Gasteiger partial charge in [0, 0.05) is 6.54 Å². The number of sulfone groups is 1. The number of nitrogens with zero attached hydrogens (tertiary/aromatic N) is 1. The zero-order valence-corrected chi connectivity index (χ0v) is 11.2. The Morgan fingerprint density at radius 3 is 2.65 bits per heavy atom. The van der Waals surface area contributed by atoms with Crippen molar-refractivity contribution in [2.24, 2.45) is 0 Å². The highest BCUT2D eigenvalue weighted by Gasteiger charge is 2.37. The molecule has 0 spiro atoms. The van der Waals surface area contributed by atoms with E-state index in [1.54, 1.807) is 11.9 Å². The van der Waals surface area contributed by atoms with Crippen LogP contribution >= 0.6 is 11.6 Å². The van der Waals surface area contributed by atoms with Crippen LogP contribution < -0.4 is 5.32 Å². The van der Waals surface area contributed by atoms with E-state index >= 15 is 0 Å². The zero-order valence-electron chi connectivity index (χ0n) is 9.60. The van der Waals surface area contributed by atoms with Crippen LogP contribution in [0, 0.1) is 0 Å². The smallest absolute Gasteiger partial charge is 0.234 e. The summed E-state index contributed by atoms with van der Waals surface area (Å²) in [5, 5.41) is 10.7. The van der Waals surface area contributed by atoms with Crippen LogP contribution in [0.1, 0.15) is 0 Å². The van der Waals surface area contributed by atoms with Crippen molar-refractivity contribution in [1.82, 2.24) is 10.2 Å². The number of amides is 1. The van der Waals surface area contributed by atoms with Gasteiger partial charge in [-0.25, -0.2) is 8.42 Å². The average molecular weight is 285 g/mol. The summed E-state index contributed by atoms with van der Waals surface area (Å²) < 4.78 is 22.6. The summed E-state index contributed by atoms with van der Waals surface area (Å²) in [6.07, 6.45) is 0. The maximum absolute atomic E-state index is 11.6. The Bertz CT molecular complexity index is 373. The monoisotopic (exact) mass is 284 g/mol. The van der Waals surface area contributed by atoms with Crippen LogP contribution in [0.25, 0.3) is 0 Å². The molecular formula is C9H17ClN2O4S. The number of nitrogens with one attached hydrogen (secondary N) is 1. The summed E-state index contributed by atoms with van der Waals surface area (Å²) in [6.45, 7) is 0.473. The Hall–Kier alpha value is -0.370. The topological polar surface area (TPSA) is 86.7 Å². The van der Waals surface area contributed by atoms with Crippen molar-refractivity contribution in [1.29, 1.82) is 0 Å². The van der Waals surface area contributed by atoms with Crippen molar-refractivity contribution in [3.63, 3.8) is 0 Å². The molecule has 6 nitrogen and oxygen atoms in total. The molecule has 1 aliphatic heterocycles. The van der Waals surface area contributed by atoms with Gasteiger partial charge in [-0.15, -0.1) is 11.6 Å². The molecule has 8 heteroatoms. The third-order valence-corrected chi connectivity index (χ3v) is 4.90. The first-order valence-corrected chi connectivity index (χ1v) is 7.53. The Balaban J connectivity index is 2.42. The molecule has 1 heterocycles. The highest BCUT2D eigenvalue weighted by Crippen LogP contribution is 2.17. The fourth-order valence-electron chi connectivity index (χ4n) is 1.68. The number of hydrogen-bond donors (Lipinski definition) is 2. The van der Waals surface area contributed by atoms with E-state index in [0.29, 0.717) is 6.54 Å². The lowest BCUT2D eigenvalue weighted by Crippen LogP contribution is -2.45. The number of aliphatic hydroxyl groups is 1. The molecule has 17 heavy (non-hydrogen) atoms. The first kappa shape index (κ1) is 14.7. The van der Waals surface area contributed by atoms with Crippen LogP contribution in [0.4, 0.5) is 0 Å². The number of carbonyl (C=O) groups is 1. The molecule has 0 aromatic rings. The molecule has 2 N–H and O–H groups in total. The Morgan fingerprint density at radius 2 is 2.18 bits per heavy atom. The normalized spacial score (nSPS) is 27.3. The predicted octanol–water partition coefficient (Wildman–Crippen LogP) is -1.57. The molecule has 1 rings (SSSR count). The second kappa shape index (κ2) is 5.99. The summed E-state index contributed by atoms with van der Waals surface area (Å²) in [5.41, 5.74) is 0. The number of hydrogen-bond acceptors (Lipinski definition) is 5. The number of alkyl halides is 1. The van der Waals surface area contributed by atoms with Crippen molar-refractivity contribution in [2.45, 2.75) is 11.4 Å². The van der Waals surface area contributed by atoms with Gasteiger partial charge in [0.05, 0.1) is 36.1 Å². The molecular weight excluding hydrogens is 268 g/mol. The standard InChI is InChI=1S/C9H17ClN2O4S/c1-12(2-3-13)4-9(14)11-8-6-17(15,16)5-7(8)10/h7-8,13H,2-6H2,1H3,(H,11,14). The third-order valence-electron chi connectivity index (χ3n) is 2.52. The first-order chi connectivity index (χ1) is 7.84. The summed E-state index contributed by atoms with van der Waals surface area (Å²) in [5.74, 6) is -0.475. The van der Waals surface area contributed by atoms with Gasteiger partial charge in [-0.05, 0) is 7.05 Å². The van der Waals surface area contributed by atoms with Gasteiger partial charge >= 0.3 is 0 Å². The fourth-order valence-corrected chi connectivity index (χ4v) is 4.23. The van der Waals surface area contributed by atoms with Gasteiger partial charge in [-0.2, -0.15) is 0 Å². The summed E-state index contributed by atoms with van der Waals surface area (Å²) >= 11 is 5.86. The van der Waals surface area contributed by atoms with Crippen LogP contribution in [0.2, 0.25) is 0 Å². The molecule has 0 aromatic carbocycles. The Kier molecular flexibility index (Phi) is 5.18. The second-order valence-corrected chi connectivity index (χ2v) is 6.94. The van der Waals surface area contributed by atoms with E-state index < -0.39 is 21.3 Å². The lowest BCUT2D eigenvalue weighted by Gasteiger charge is -2.18. The lowest BCUT2D eigenvalue weighted by atomic mass is 10.2. The van der Waals surface area contributed by atoms with Gasteiger partial charge in [0.2, 0.25) is 5.91 Å². The maximum atomic E-state index is 11.6. The van der Waals surface area contributed by atoms with E-state index in [1.165, 1.54) is 0 Å². The quantitative estimate of drug-likeness (QED) is 0.596. The second-order valence-electron chi connectivity index (χ2n) is 4.23. The van der Waals surface area contributed by atoms with E-state index in [4.69, 9.17) is 16.7 Å². The minimum absolute atomic E-state index is 0.0281. The predicted molar refractivity (Wildman–Crippen MR) is 64.8 cm³/mol. The van der Waals surface area contributed by atoms with Crippen molar-refractivity contribution >= 4 is 27.3 Å². The fraction of sp³-hybridized carbons (Fsp3) is 0.889. The molecule has 1 amide bonds. The van der Waals surface area contributed by atoms with E-state index in [9.17, 15) is 13.2 Å². The van der Waals surface area contributed by atoms with Gasteiger partial charge in [-0.3, -0.25) is 9.69 Å². The molecule has 2 unspecified atom stereocenters. The van der Waals surface area contributed by atoms with Gasteiger partial charge in [0.25, 0.3) is 0 Å². The summed E-state index contributed by atoms with van der Waals surface area (Å²) in [4.78, 5) is 13.2. The minimum Gasteiger partial charge on any atom is -0.395 e. The maximum Gasteiger partial charge on any atom is 0.234 e. The van der Waals surface area contributed by atoms with Crippen LogP contribution in [-0.4, -0.2) is 74.0 Å². The van der Waals surface area contributed by atoms with E-state index in [-0.39, 0.29) is 30.6 Å². The Labute approximate surface area is 106 Å². The highest BCUT2D eigenvalue weighted by atomic mass is 35.5. The number of carbonyl (C=O) groups excluding carboxylic acids is 1. The molecule has 1 aliphatic rings. The molecule has 100 valence electrons.